The van der Waals surface area contributed by atoms with Crippen molar-refractivity contribution in [3.63, 3.8) is 0 Å². The van der Waals surface area contributed by atoms with Crippen molar-refractivity contribution in [2.45, 2.75) is 17.3 Å². The molecule has 3 heterocycles. The number of nitrogens with zero attached hydrogens (tertiary/aromatic N) is 5. The first kappa shape index (κ1) is 19.9. The van der Waals surface area contributed by atoms with E-state index in [-0.39, 0.29) is 24.0 Å². The van der Waals surface area contributed by atoms with E-state index in [2.05, 4.69) is 30.8 Å². The number of thioether (sulfide) groups is 1. The van der Waals surface area contributed by atoms with Crippen LogP contribution in [0.1, 0.15) is 12.2 Å². The van der Waals surface area contributed by atoms with Gasteiger partial charge in [-0.1, -0.05) is 17.8 Å². The molecule has 0 unspecified atom stereocenters. The molecule has 0 aliphatic heterocycles. The van der Waals surface area contributed by atoms with Gasteiger partial charge in [0.1, 0.15) is 4.34 Å². The summed E-state index contributed by atoms with van der Waals surface area (Å²) in [4.78, 5) is 8.49. The lowest BCUT2D eigenvalue weighted by molar-refractivity contribution is 0.753. The van der Waals surface area contributed by atoms with Crippen molar-refractivity contribution in [1.82, 2.24) is 30.2 Å². The Kier molecular flexibility index (Phi) is 8.41. The van der Waals surface area contributed by atoms with E-state index < -0.39 is 0 Å². The molecule has 0 bridgehead atoms. The second kappa shape index (κ2) is 10.6. The molecule has 0 aliphatic rings. The summed E-state index contributed by atoms with van der Waals surface area (Å²) in [5.74, 6) is 2.65. The molecular weight excluding hydrogens is 469 g/mol. The van der Waals surface area contributed by atoms with Gasteiger partial charge in [0.2, 0.25) is 0 Å². The molecule has 134 valence electrons. The maximum absolute atomic E-state index is 4.26. The Morgan fingerprint density at radius 3 is 3.04 bits per heavy atom. The van der Waals surface area contributed by atoms with Crippen molar-refractivity contribution in [3.05, 3.63) is 41.8 Å². The molecule has 0 saturated carbocycles. The average molecular weight is 489 g/mol. The van der Waals surface area contributed by atoms with E-state index in [0.29, 0.717) is 6.54 Å². The summed E-state index contributed by atoms with van der Waals surface area (Å²) in [6.07, 6.45) is 4.84. The first-order chi connectivity index (χ1) is 11.9. The van der Waals surface area contributed by atoms with Gasteiger partial charge in [-0.2, -0.15) is 0 Å². The van der Waals surface area contributed by atoms with Gasteiger partial charge in [0.05, 0.1) is 6.54 Å². The van der Waals surface area contributed by atoms with Crippen molar-refractivity contribution >= 4 is 58.7 Å². The highest BCUT2D eigenvalue weighted by Gasteiger charge is 2.05. The lowest BCUT2D eigenvalue weighted by Crippen LogP contribution is -2.37. The number of hydrogen-bond donors (Lipinski definition) is 2. The molecule has 25 heavy (non-hydrogen) atoms. The van der Waals surface area contributed by atoms with Crippen molar-refractivity contribution in [2.24, 2.45) is 4.99 Å². The Bertz CT molecular complexity index is 788. The van der Waals surface area contributed by atoms with Crippen LogP contribution in [0.15, 0.2) is 45.3 Å². The van der Waals surface area contributed by atoms with Crippen LogP contribution < -0.4 is 10.6 Å². The lowest BCUT2D eigenvalue weighted by atomic mass is 10.4. The number of nitrogens with one attached hydrogen (secondary N) is 2. The van der Waals surface area contributed by atoms with E-state index in [9.17, 15) is 0 Å². The zero-order chi connectivity index (χ0) is 16.6. The molecule has 3 aromatic rings. The summed E-state index contributed by atoms with van der Waals surface area (Å²) >= 11 is 3.46. The van der Waals surface area contributed by atoms with Gasteiger partial charge in [-0.25, -0.2) is 4.98 Å². The molecule has 2 N–H and O–H groups in total. The van der Waals surface area contributed by atoms with Gasteiger partial charge in [0, 0.05) is 37.1 Å². The Labute approximate surface area is 171 Å². The minimum Gasteiger partial charge on any atom is -0.356 e. The van der Waals surface area contributed by atoms with Crippen molar-refractivity contribution < 1.29 is 0 Å². The highest BCUT2D eigenvalue weighted by atomic mass is 127. The SMILES string of the molecule is CN=C(NCCCSc1nccs1)NCc1nnc2ccccn12.I. The van der Waals surface area contributed by atoms with Gasteiger partial charge >= 0.3 is 0 Å². The molecule has 7 nitrogen and oxygen atoms in total. The molecule has 10 heteroatoms. The molecule has 0 aliphatic carbocycles. The van der Waals surface area contributed by atoms with Gasteiger partial charge in [-0.3, -0.25) is 9.39 Å². The van der Waals surface area contributed by atoms with Crippen molar-refractivity contribution in [1.29, 1.82) is 0 Å². The molecule has 0 atom stereocenters. The number of rotatable bonds is 7. The number of guanidine groups is 1. The molecule has 0 amide bonds. The Morgan fingerprint density at radius 2 is 2.24 bits per heavy atom. The number of aliphatic imine (C=N–C) groups is 1. The first-order valence-electron chi connectivity index (χ1n) is 7.62. The maximum Gasteiger partial charge on any atom is 0.191 e. The van der Waals surface area contributed by atoms with Crippen molar-refractivity contribution in [2.75, 3.05) is 19.3 Å². The predicted molar refractivity (Wildman–Crippen MR) is 114 cm³/mol. The van der Waals surface area contributed by atoms with Crippen LogP contribution in [0.3, 0.4) is 0 Å². The van der Waals surface area contributed by atoms with Gasteiger partial charge in [0.25, 0.3) is 0 Å². The second-order valence-corrected chi connectivity index (χ2v) is 7.13. The molecule has 0 aromatic carbocycles. The minimum atomic E-state index is 0. The van der Waals surface area contributed by atoms with Crippen LogP contribution in [0.2, 0.25) is 0 Å². The first-order valence-corrected chi connectivity index (χ1v) is 9.49. The van der Waals surface area contributed by atoms with E-state index in [1.54, 1.807) is 30.1 Å². The summed E-state index contributed by atoms with van der Waals surface area (Å²) in [5.41, 5.74) is 0.844. The van der Waals surface area contributed by atoms with E-state index in [1.165, 1.54) is 0 Å². The van der Waals surface area contributed by atoms with Crippen LogP contribution in [0, 0.1) is 0 Å². The quantitative estimate of drug-likeness (QED) is 0.175. The monoisotopic (exact) mass is 489 g/mol. The number of aromatic nitrogens is 4. The van der Waals surface area contributed by atoms with Crippen LogP contribution in [-0.4, -0.2) is 44.9 Å². The summed E-state index contributed by atoms with van der Waals surface area (Å²) in [5, 5.41) is 16.9. The van der Waals surface area contributed by atoms with E-state index in [1.807, 2.05) is 40.4 Å². The molecule has 0 saturated heterocycles. The van der Waals surface area contributed by atoms with Crippen LogP contribution in [0.25, 0.3) is 5.65 Å². The zero-order valence-electron chi connectivity index (χ0n) is 13.8. The third kappa shape index (κ3) is 5.82. The van der Waals surface area contributed by atoms with Gasteiger partial charge in [-0.05, 0) is 18.6 Å². The fraction of sp³-hybridized carbons (Fsp3) is 0.333. The van der Waals surface area contributed by atoms with Crippen LogP contribution >= 0.6 is 47.1 Å². The average Bonchev–Trinajstić information content (AvgIpc) is 3.27. The highest BCUT2D eigenvalue weighted by molar-refractivity contribution is 14.0. The number of pyridine rings is 1. The third-order valence-electron chi connectivity index (χ3n) is 3.27. The van der Waals surface area contributed by atoms with E-state index in [0.717, 1.165) is 40.5 Å². The topological polar surface area (TPSA) is 79.5 Å². The number of thiazole rings is 1. The van der Waals surface area contributed by atoms with Gasteiger partial charge in [-0.15, -0.1) is 45.5 Å². The summed E-state index contributed by atoms with van der Waals surface area (Å²) < 4.78 is 3.08. The minimum absolute atomic E-state index is 0. The lowest BCUT2D eigenvalue weighted by Gasteiger charge is -2.10. The van der Waals surface area contributed by atoms with Crippen LogP contribution in [0.5, 0.6) is 0 Å². The summed E-state index contributed by atoms with van der Waals surface area (Å²) in [6, 6.07) is 5.85. The van der Waals surface area contributed by atoms with Crippen molar-refractivity contribution in [3.8, 4) is 0 Å². The summed E-state index contributed by atoms with van der Waals surface area (Å²) in [6.45, 7) is 1.43. The molecule has 3 rings (SSSR count). The van der Waals surface area contributed by atoms with Gasteiger partial charge < -0.3 is 10.6 Å². The number of fused-ring (bicyclic) bond motifs is 1. The summed E-state index contributed by atoms with van der Waals surface area (Å²) in [7, 11) is 1.77. The fourth-order valence-electron chi connectivity index (χ4n) is 2.11. The zero-order valence-corrected chi connectivity index (χ0v) is 17.7. The maximum atomic E-state index is 4.26. The predicted octanol–water partition coefficient (Wildman–Crippen LogP) is 2.65. The normalized spacial score (nSPS) is 11.3. The highest BCUT2D eigenvalue weighted by Crippen LogP contribution is 2.20. The molecular formula is C15H20IN7S2. The van der Waals surface area contributed by atoms with E-state index in [4.69, 9.17) is 0 Å². The van der Waals surface area contributed by atoms with Gasteiger partial charge in [0.15, 0.2) is 17.4 Å². The second-order valence-electron chi connectivity index (χ2n) is 4.90. The van der Waals surface area contributed by atoms with Crippen LogP contribution in [0.4, 0.5) is 0 Å². The molecule has 0 fully saturated rings. The van der Waals surface area contributed by atoms with E-state index >= 15 is 0 Å². The Morgan fingerprint density at radius 1 is 1.32 bits per heavy atom. The standard InChI is InChI=1S/C15H19N7S2.HI/c1-16-14(17-6-4-9-23-15-18-7-10-24-15)19-11-13-21-20-12-5-2-3-8-22(12)13;/h2-3,5,7-8,10H,4,6,9,11H2,1H3,(H2,16,17,19);1H. The number of hydrogen-bond acceptors (Lipinski definition) is 6. The number of halogens is 1. The molecule has 0 spiro atoms. The third-order valence-corrected chi connectivity index (χ3v) is 5.32. The Hall–Kier alpha value is -1.40. The molecule has 3 aromatic heterocycles. The smallest absolute Gasteiger partial charge is 0.191 e. The van der Waals surface area contributed by atoms with Crippen LogP contribution in [-0.2, 0) is 6.54 Å². The fourth-order valence-corrected chi connectivity index (χ4v) is 3.76. The Balaban J connectivity index is 0.00000225. The molecule has 0 radical (unpaired) electrons. The largest absolute Gasteiger partial charge is 0.356 e.